The summed E-state index contributed by atoms with van der Waals surface area (Å²) in [6, 6.07) is 0. The molecule has 0 aromatic rings. The first-order chi connectivity index (χ1) is 10.3. The molecule has 4 rings (SSSR count). The largest absolute Gasteiger partial charge is 0.390 e. The Bertz CT molecular complexity index is 494. The molecule has 22 heavy (non-hydrogen) atoms. The number of hydrogen-bond donors (Lipinski definition) is 1. The summed E-state index contributed by atoms with van der Waals surface area (Å²) in [5.74, 6) is 1.56. The topological polar surface area (TPSA) is 37.3 Å². The van der Waals surface area contributed by atoms with Gasteiger partial charge >= 0.3 is 0 Å². The lowest BCUT2D eigenvalue weighted by Crippen LogP contribution is -2.58. The molecule has 124 valence electrons. The fourth-order valence-electron chi connectivity index (χ4n) is 7.85. The van der Waals surface area contributed by atoms with Crippen molar-refractivity contribution in [2.45, 2.75) is 84.2 Å². The van der Waals surface area contributed by atoms with E-state index in [1.165, 1.54) is 44.8 Å². The fourth-order valence-corrected chi connectivity index (χ4v) is 7.85. The van der Waals surface area contributed by atoms with Crippen LogP contribution in [0.1, 0.15) is 78.6 Å². The summed E-state index contributed by atoms with van der Waals surface area (Å²) >= 11 is 0. The zero-order chi connectivity index (χ0) is 15.8. The van der Waals surface area contributed by atoms with Crippen molar-refractivity contribution < 1.29 is 9.90 Å². The molecule has 0 aromatic carbocycles. The monoisotopic (exact) mass is 304 g/mol. The first-order valence-electron chi connectivity index (χ1n) is 9.45. The predicted octanol–water partition coefficient (Wildman–Crippen LogP) is 4.35. The minimum absolute atomic E-state index is 0.0919. The van der Waals surface area contributed by atoms with Crippen LogP contribution >= 0.6 is 0 Å². The average molecular weight is 304 g/mol. The molecule has 1 N–H and O–H groups in total. The molecule has 2 bridgehead atoms. The van der Waals surface area contributed by atoms with Gasteiger partial charge in [0.05, 0.1) is 5.60 Å². The number of carbonyl (C=O) groups excluding carboxylic acids is 1. The number of carbonyl (C=O) groups is 1. The molecule has 2 nitrogen and oxygen atoms in total. The minimum Gasteiger partial charge on any atom is -0.390 e. The average Bonchev–Trinajstić information content (AvgIpc) is 2.63. The van der Waals surface area contributed by atoms with Gasteiger partial charge in [0.1, 0.15) is 6.29 Å². The summed E-state index contributed by atoms with van der Waals surface area (Å²) in [6.45, 7) is 6.84. The van der Waals surface area contributed by atoms with Crippen molar-refractivity contribution in [2.24, 2.45) is 34.0 Å². The standard InChI is InChI=1S/C20H32O2/c1-17(2)8-4-9-20(13-21)15(17)7-10-19-11-14(5-6-16(19)20)18(3,22)12-19/h13-16,22H,4-12H2,1-3H3/t14-,15-,16-,18-,19+,20+/m1/s1. The lowest BCUT2D eigenvalue weighted by Gasteiger charge is -2.62. The second-order valence-corrected chi connectivity index (χ2v) is 10.1. The van der Waals surface area contributed by atoms with E-state index in [0.29, 0.717) is 23.2 Å². The van der Waals surface area contributed by atoms with Crippen molar-refractivity contribution in [1.29, 1.82) is 0 Å². The summed E-state index contributed by atoms with van der Waals surface area (Å²) in [4.78, 5) is 12.4. The molecule has 4 saturated carbocycles. The Morgan fingerprint density at radius 2 is 1.77 bits per heavy atom. The maximum atomic E-state index is 12.4. The van der Waals surface area contributed by atoms with E-state index in [2.05, 4.69) is 20.8 Å². The lowest BCUT2D eigenvalue weighted by molar-refractivity contribution is -0.164. The van der Waals surface area contributed by atoms with Crippen molar-refractivity contribution >= 4 is 6.29 Å². The van der Waals surface area contributed by atoms with Crippen molar-refractivity contribution in [3.63, 3.8) is 0 Å². The van der Waals surface area contributed by atoms with E-state index < -0.39 is 5.60 Å². The van der Waals surface area contributed by atoms with Crippen LogP contribution in [-0.4, -0.2) is 17.0 Å². The van der Waals surface area contributed by atoms with Crippen molar-refractivity contribution in [2.75, 3.05) is 0 Å². The molecule has 0 heterocycles. The number of fused-ring (bicyclic) bond motifs is 3. The number of rotatable bonds is 1. The number of aliphatic hydroxyl groups is 1. The highest BCUT2D eigenvalue weighted by atomic mass is 16.3. The van der Waals surface area contributed by atoms with Gasteiger partial charge in [-0.3, -0.25) is 0 Å². The zero-order valence-corrected chi connectivity index (χ0v) is 14.5. The van der Waals surface area contributed by atoms with Crippen LogP contribution in [0.5, 0.6) is 0 Å². The third-order valence-corrected chi connectivity index (χ3v) is 8.61. The number of aldehydes is 1. The molecule has 0 saturated heterocycles. The molecular weight excluding hydrogens is 272 g/mol. The van der Waals surface area contributed by atoms with Crippen LogP contribution in [0.25, 0.3) is 0 Å². The molecule has 0 amide bonds. The first kappa shape index (κ1) is 15.2. The van der Waals surface area contributed by atoms with E-state index in [1.54, 1.807) is 0 Å². The quantitative estimate of drug-likeness (QED) is 0.731. The predicted molar refractivity (Wildman–Crippen MR) is 87.4 cm³/mol. The van der Waals surface area contributed by atoms with E-state index in [0.717, 1.165) is 19.3 Å². The van der Waals surface area contributed by atoms with Gasteiger partial charge in [-0.2, -0.15) is 0 Å². The summed E-state index contributed by atoms with van der Waals surface area (Å²) in [7, 11) is 0. The van der Waals surface area contributed by atoms with Crippen molar-refractivity contribution in [3.8, 4) is 0 Å². The van der Waals surface area contributed by atoms with Crippen LogP contribution in [0, 0.1) is 34.0 Å². The van der Waals surface area contributed by atoms with Crippen LogP contribution in [-0.2, 0) is 4.79 Å². The molecule has 4 aliphatic rings. The summed E-state index contributed by atoms with van der Waals surface area (Å²) < 4.78 is 0. The lowest BCUT2D eigenvalue weighted by atomic mass is 9.41. The van der Waals surface area contributed by atoms with Gasteiger partial charge in [-0.25, -0.2) is 0 Å². The Hall–Kier alpha value is -0.370. The van der Waals surface area contributed by atoms with E-state index in [9.17, 15) is 9.90 Å². The van der Waals surface area contributed by atoms with Gasteiger partial charge in [-0.1, -0.05) is 20.3 Å². The minimum atomic E-state index is -0.490. The van der Waals surface area contributed by atoms with E-state index in [-0.39, 0.29) is 10.8 Å². The number of hydrogen-bond acceptors (Lipinski definition) is 2. The second-order valence-electron chi connectivity index (χ2n) is 10.1. The van der Waals surface area contributed by atoms with Crippen molar-refractivity contribution in [3.05, 3.63) is 0 Å². The van der Waals surface area contributed by atoms with Crippen LogP contribution in [0.4, 0.5) is 0 Å². The third kappa shape index (κ3) is 1.74. The fraction of sp³-hybridized carbons (Fsp3) is 0.950. The van der Waals surface area contributed by atoms with Crippen LogP contribution in [0.15, 0.2) is 0 Å². The normalized spacial score (nSPS) is 56.1. The summed E-state index contributed by atoms with van der Waals surface area (Å²) in [6.07, 6.45) is 11.8. The van der Waals surface area contributed by atoms with Gasteiger partial charge in [0, 0.05) is 5.41 Å². The van der Waals surface area contributed by atoms with Crippen LogP contribution in [0.3, 0.4) is 0 Å². The van der Waals surface area contributed by atoms with Crippen molar-refractivity contribution in [1.82, 2.24) is 0 Å². The molecule has 0 aromatic heterocycles. The molecule has 2 heteroatoms. The van der Waals surface area contributed by atoms with Gasteiger partial charge in [-0.05, 0) is 86.9 Å². The molecule has 0 aliphatic heterocycles. The molecule has 4 aliphatic carbocycles. The third-order valence-electron chi connectivity index (χ3n) is 8.61. The first-order valence-corrected chi connectivity index (χ1v) is 9.45. The maximum absolute atomic E-state index is 12.4. The Morgan fingerprint density at radius 3 is 2.50 bits per heavy atom. The molecule has 0 radical (unpaired) electrons. The molecule has 1 spiro atoms. The Labute approximate surface area is 135 Å². The highest BCUT2D eigenvalue weighted by Gasteiger charge is 2.67. The Morgan fingerprint density at radius 1 is 1.00 bits per heavy atom. The highest BCUT2D eigenvalue weighted by Crippen LogP contribution is 2.72. The van der Waals surface area contributed by atoms with E-state index >= 15 is 0 Å². The smallest absolute Gasteiger partial charge is 0.126 e. The summed E-state index contributed by atoms with van der Waals surface area (Å²) in [5, 5.41) is 10.9. The highest BCUT2D eigenvalue weighted by molar-refractivity contribution is 5.62. The molecule has 4 fully saturated rings. The SMILES string of the molecule is CC1(C)CCC[C@]2(C=O)[C@@H]1CC[C@@]13C[C@@H](CC[C@H]12)[C@](C)(O)C3. The van der Waals surface area contributed by atoms with E-state index in [4.69, 9.17) is 0 Å². The van der Waals surface area contributed by atoms with Crippen LogP contribution in [0.2, 0.25) is 0 Å². The Balaban J connectivity index is 1.78. The van der Waals surface area contributed by atoms with Gasteiger partial charge < -0.3 is 9.90 Å². The zero-order valence-electron chi connectivity index (χ0n) is 14.5. The van der Waals surface area contributed by atoms with Gasteiger partial charge in [-0.15, -0.1) is 0 Å². The molecule has 6 atom stereocenters. The maximum Gasteiger partial charge on any atom is 0.126 e. The van der Waals surface area contributed by atoms with Gasteiger partial charge in [0.25, 0.3) is 0 Å². The molecular formula is C20H32O2. The second kappa shape index (κ2) is 4.37. The van der Waals surface area contributed by atoms with Gasteiger partial charge in [0.2, 0.25) is 0 Å². The summed E-state index contributed by atoms with van der Waals surface area (Å²) in [5.41, 5.74) is -0.0166. The Kier molecular flexibility index (Phi) is 3.02. The molecule has 0 unspecified atom stereocenters. The van der Waals surface area contributed by atoms with Gasteiger partial charge in [0.15, 0.2) is 0 Å². The van der Waals surface area contributed by atoms with Crippen LogP contribution < -0.4 is 0 Å². The van der Waals surface area contributed by atoms with E-state index in [1.807, 2.05) is 0 Å².